The summed E-state index contributed by atoms with van der Waals surface area (Å²) in [6, 6.07) is 7.91. The molecule has 1 aliphatic rings. The summed E-state index contributed by atoms with van der Waals surface area (Å²) in [5, 5.41) is 0. The molecule has 1 amide bonds. The van der Waals surface area contributed by atoms with Crippen LogP contribution in [0.25, 0.3) is 0 Å². The normalized spacial score (nSPS) is 23.6. The van der Waals surface area contributed by atoms with E-state index >= 15 is 0 Å². The van der Waals surface area contributed by atoms with Crippen LogP contribution in [0.4, 0.5) is 0 Å². The fraction of sp³-hybridized carbons (Fsp3) is 0.588. The summed E-state index contributed by atoms with van der Waals surface area (Å²) in [5.41, 5.74) is 1.67. The fourth-order valence-corrected chi connectivity index (χ4v) is 3.68. The molecule has 0 heterocycles. The van der Waals surface area contributed by atoms with Gasteiger partial charge in [0.15, 0.2) is 0 Å². The topological polar surface area (TPSA) is 37.4 Å². The molecule has 116 valence electrons. The largest absolute Gasteiger partial charge is 0.339 e. The minimum absolute atomic E-state index is 0.0817. The van der Waals surface area contributed by atoms with Crippen LogP contribution < -0.4 is 0 Å². The highest BCUT2D eigenvalue weighted by Crippen LogP contribution is 2.27. The second-order valence-electron chi connectivity index (χ2n) is 6.25. The van der Waals surface area contributed by atoms with Crippen molar-refractivity contribution < 1.29 is 9.00 Å². The molecule has 2 rings (SSSR count). The van der Waals surface area contributed by atoms with Gasteiger partial charge in [0, 0.05) is 41.5 Å². The minimum atomic E-state index is -0.882. The Bertz CT molecular complexity index is 521. The zero-order valence-electron chi connectivity index (χ0n) is 13.2. The van der Waals surface area contributed by atoms with Gasteiger partial charge in [-0.2, -0.15) is 0 Å². The van der Waals surface area contributed by atoms with Crippen molar-refractivity contribution in [2.45, 2.75) is 44.4 Å². The van der Waals surface area contributed by atoms with E-state index in [9.17, 15) is 9.00 Å². The third-order valence-electron chi connectivity index (χ3n) is 4.40. The average molecular weight is 307 g/mol. The van der Waals surface area contributed by atoms with Gasteiger partial charge in [-0.15, -0.1) is 0 Å². The van der Waals surface area contributed by atoms with Gasteiger partial charge in [0.2, 0.25) is 0 Å². The quantitative estimate of drug-likeness (QED) is 0.856. The Kier molecular flexibility index (Phi) is 5.57. The summed E-state index contributed by atoms with van der Waals surface area (Å²) in [7, 11) is 1.03. The van der Waals surface area contributed by atoms with Gasteiger partial charge in [-0.05, 0) is 49.3 Å². The average Bonchev–Trinajstić information content (AvgIpc) is 2.46. The van der Waals surface area contributed by atoms with Crippen molar-refractivity contribution in [2.75, 3.05) is 13.3 Å². The lowest BCUT2D eigenvalue weighted by Gasteiger charge is -2.33. The van der Waals surface area contributed by atoms with Gasteiger partial charge in [0.1, 0.15) is 0 Å². The molecule has 1 saturated carbocycles. The summed E-state index contributed by atoms with van der Waals surface area (Å²) in [4.78, 5) is 14.5. The molecule has 1 aromatic rings. The summed E-state index contributed by atoms with van der Waals surface area (Å²) >= 11 is 0. The summed E-state index contributed by atoms with van der Waals surface area (Å²) in [6.07, 6.45) is 6.29. The molecule has 21 heavy (non-hydrogen) atoms. The van der Waals surface area contributed by atoms with Gasteiger partial charge in [0.25, 0.3) is 5.91 Å². The van der Waals surface area contributed by atoms with Crippen LogP contribution in [-0.2, 0) is 16.6 Å². The third kappa shape index (κ3) is 4.40. The van der Waals surface area contributed by atoms with Crippen molar-refractivity contribution in [3.05, 3.63) is 35.4 Å². The van der Waals surface area contributed by atoms with Gasteiger partial charge in [-0.25, -0.2) is 0 Å². The molecule has 1 atom stereocenters. The highest BCUT2D eigenvalue weighted by molar-refractivity contribution is 7.83. The number of hydrogen-bond donors (Lipinski definition) is 0. The van der Waals surface area contributed by atoms with E-state index in [1.54, 1.807) is 6.26 Å². The first-order chi connectivity index (χ1) is 9.97. The Morgan fingerprint density at radius 2 is 1.95 bits per heavy atom. The van der Waals surface area contributed by atoms with Crippen molar-refractivity contribution in [1.29, 1.82) is 0 Å². The van der Waals surface area contributed by atoms with E-state index in [2.05, 4.69) is 6.92 Å². The van der Waals surface area contributed by atoms with E-state index in [1.165, 1.54) is 12.8 Å². The Morgan fingerprint density at radius 3 is 2.57 bits per heavy atom. The molecule has 0 aromatic heterocycles. The lowest BCUT2D eigenvalue weighted by atomic mass is 9.86. The molecule has 1 unspecified atom stereocenters. The van der Waals surface area contributed by atoms with Crippen LogP contribution >= 0.6 is 0 Å². The molecule has 0 aliphatic heterocycles. The highest BCUT2D eigenvalue weighted by atomic mass is 32.2. The number of benzene rings is 1. The fourth-order valence-electron chi connectivity index (χ4n) is 3.03. The van der Waals surface area contributed by atoms with E-state index in [0.717, 1.165) is 24.3 Å². The van der Waals surface area contributed by atoms with E-state index in [4.69, 9.17) is 0 Å². The lowest BCUT2D eigenvalue weighted by molar-refractivity contribution is 0.0679. The first-order valence-electron chi connectivity index (χ1n) is 7.63. The van der Waals surface area contributed by atoms with Crippen LogP contribution in [0.15, 0.2) is 24.3 Å². The zero-order chi connectivity index (χ0) is 15.4. The van der Waals surface area contributed by atoms with Crippen molar-refractivity contribution in [3.63, 3.8) is 0 Å². The zero-order valence-corrected chi connectivity index (χ0v) is 14.0. The Labute approximate surface area is 130 Å². The molecule has 1 fully saturated rings. The lowest BCUT2D eigenvalue weighted by Crippen LogP contribution is -2.39. The number of hydrogen-bond acceptors (Lipinski definition) is 2. The molecule has 0 N–H and O–H groups in total. The van der Waals surface area contributed by atoms with Crippen molar-refractivity contribution in [1.82, 2.24) is 4.90 Å². The van der Waals surface area contributed by atoms with Gasteiger partial charge in [-0.3, -0.25) is 9.00 Å². The number of carbonyl (C=O) groups excluding carboxylic acids is 1. The van der Waals surface area contributed by atoms with Crippen LogP contribution in [0.5, 0.6) is 0 Å². The van der Waals surface area contributed by atoms with Gasteiger partial charge in [0.05, 0.1) is 0 Å². The minimum Gasteiger partial charge on any atom is -0.339 e. The number of rotatable bonds is 4. The summed E-state index contributed by atoms with van der Waals surface area (Å²) in [6.45, 7) is 2.28. The second-order valence-corrected chi connectivity index (χ2v) is 7.68. The molecular formula is C17H25NO2S. The maximum absolute atomic E-state index is 12.6. The van der Waals surface area contributed by atoms with Crippen molar-refractivity contribution in [2.24, 2.45) is 5.92 Å². The maximum atomic E-state index is 12.6. The molecule has 0 saturated heterocycles. The molecule has 1 aliphatic carbocycles. The smallest absolute Gasteiger partial charge is 0.253 e. The van der Waals surface area contributed by atoms with Gasteiger partial charge in [-0.1, -0.05) is 19.1 Å². The first-order valence-corrected chi connectivity index (χ1v) is 9.36. The SMILES string of the molecule is CC1CCC(N(C)C(=O)c2cccc(CS(C)=O)c2)CC1. The van der Waals surface area contributed by atoms with Gasteiger partial charge >= 0.3 is 0 Å². The maximum Gasteiger partial charge on any atom is 0.253 e. The van der Waals surface area contributed by atoms with Crippen molar-refractivity contribution in [3.8, 4) is 0 Å². The number of nitrogens with zero attached hydrogens (tertiary/aromatic N) is 1. The third-order valence-corrected chi connectivity index (χ3v) is 5.14. The predicted molar refractivity (Wildman–Crippen MR) is 87.7 cm³/mol. The van der Waals surface area contributed by atoms with Crippen LogP contribution in [0.2, 0.25) is 0 Å². The van der Waals surface area contributed by atoms with Crippen LogP contribution in [0.3, 0.4) is 0 Å². The van der Waals surface area contributed by atoms with Crippen LogP contribution in [-0.4, -0.2) is 34.4 Å². The Hall–Kier alpha value is -1.16. The van der Waals surface area contributed by atoms with E-state index in [0.29, 0.717) is 17.4 Å². The monoisotopic (exact) mass is 307 g/mol. The van der Waals surface area contributed by atoms with Crippen LogP contribution in [0.1, 0.15) is 48.5 Å². The molecule has 4 heteroatoms. The standard InChI is InChI=1S/C17H25NO2S/c1-13-7-9-16(10-8-13)18(2)17(19)15-6-4-5-14(11-15)12-21(3)20/h4-6,11,13,16H,7-10,12H2,1-3H3. The van der Waals surface area contributed by atoms with Gasteiger partial charge < -0.3 is 4.90 Å². The van der Waals surface area contributed by atoms with E-state index < -0.39 is 10.8 Å². The van der Waals surface area contributed by atoms with E-state index in [1.807, 2.05) is 36.2 Å². The number of amides is 1. The molecule has 0 radical (unpaired) electrons. The Morgan fingerprint density at radius 1 is 1.29 bits per heavy atom. The number of carbonyl (C=O) groups is 1. The molecule has 1 aromatic carbocycles. The first kappa shape index (κ1) is 16.2. The summed E-state index contributed by atoms with van der Waals surface area (Å²) < 4.78 is 11.3. The molecular weight excluding hydrogens is 282 g/mol. The molecule has 0 spiro atoms. The Balaban J connectivity index is 2.06. The molecule has 3 nitrogen and oxygen atoms in total. The highest BCUT2D eigenvalue weighted by Gasteiger charge is 2.25. The summed E-state index contributed by atoms with van der Waals surface area (Å²) in [5.74, 6) is 1.37. The van der Waals surface area contributed by atoms with Crippen molar-refractivity contribution >= 4 is 16.7 Å². The van der Waals surface area contributed by atoms with E-state index in [-0.39, 0.29) is 5.91 Å². The molecule has 0 bridgehead atoms. The second kappa shape index (κ2) is 7.21. The van der Waals surface area contributed by atoms with Crippen LogP contribution in [0, 0.1) is 5.92 Å². The predicted octanol–water partition coefficient (Wildman–Crippen LogP) is 3.22.